The molecule has 3 heteroatoms. The van der Waals surface area contributed by atoms with Crippen molar-refractivity contribution in [1.82, 2.24) is 0 Å². The second-order valence-corrected chi connectivity index (χ2v) is 13.7. The van der Waals surface area contributed by atoms with Crippen molar-refractivity contribution in [2.24, 2.45) is 0 Å². The Kier molecular flexibility index (Phi) is 11.3. The molecule has 0 saturated heterocycles. The summed E-state index contributed by atoms with van der Waals surface area (Å²) in [7, 11) is -2.38. The first-order chi connectivity index (χ1) is 15.0. The lowest BCUT2D eigenvalue weighted by molar-refractivity contribution is 0.285. The molecule has 0 saturated carbocycles. The fourth-order valence-electron chi connectivity index (χ4n) is 4.31. The predicted molar refractivity (Wildman–Crippen MR) is 137 cm³/mol. The van der Waals surface area contributed by atoms with Crippen LogP contribution < -0.4 is 10.4 Å². The Bertz CT molecular complexity index is 695. The van der Waals surface area contributed by atoms with E-state index in [2.05, 4.69) is 93.6 Å². The third-order valence-electron chi connectivity index (χ3n) is 5.95. The van der Waals surface area contributed by atoms with Crippen molar-refractivity contribution in [3.63, 3.8) is 0 Å². The van der Waals surface area contributed by atoms with E-state index in [4.69, 9.17) is 9.53 Å². The largest absolute Gasteiger partial charge is 0.407 e. The van der Waals surface area contributed by atoms with Crippen molar-refractivity contribution in [3.05, 3.63) is 72.8 Å². The summed E-state index contributed by atoms with van der Waals surface area (Å²) in [6.45, 7) is 8.15. The van der Waals surface area contributed by atoms with Crippen LogP contribution in [0.15, 0.2) is 72.8 Å². The number of hydrogen-bond acceptors (Lipinski definition) is 2. The van der Waals surface area contributed by atoms with Crippen LogP contribution >= 0.6 is 0 Å². The Morgan fingerprint density at radius 2 is 1.19 bits per heavy atom. The van der Waals surface area contributed by atoms with Gasteiger partial charge in [0.1, 0.15) is 0 Å². The molecule has 0 atom stereocenters. The van der Waals surface area contributed by atoms with Crippen LogP contribution in [0.4, 0.5) is 0 Å². The standard InChI is InChI=1S/C28H42O2Si/c1-28(2,3)31(26-20-14-12-15-21-26,27-22-16-13-17-23-27)30-25-19-11-9-7-5-4-6-8-10-18-24-29/h4,6,12-17,20-23,29H,5,7-11,18-19,24-25H2,1-3H3. The minimum atomic E-state index is -2.38. The van der Waals surface area contributed by atoms with Gasteiger partial charge in [-0.25, -0.2) is 0 Å². The van der Waals surface area contributed by atoms with Gasteiger partial charge in [0.2, 0.25) is 0 Å². The molecule has 0 aliphatic heterocycles. The van der Waals surface area contributed by atoms with Crippen molar-refractivity contribution < 1.29 is 9.53 Å². The monoisotopic (exact) mass is 438 g/mol. The summed E-state index contributed by atoms with van der Waals surface area (Å²) in [6, 6.07) is 21.8. The summed E-state index contributed by atoms with van der Waals surface area (Å²) in [5.41, 5.74) is 0. The fourth-order valence-corrected chi connectivity index (χ4v) is 8.92. The molecular weight excluding hydrogens is 396 g/mol. The van der Waals surface area contributed by atoms with Gasteiger partial charge in [-0.2, -0.15) is 0 Å². The average molecular weight is 439 g/mol. The van der Waals surface area contributed by atoms with Crippen LogP contribution in [0.25, 0.3) is 0 Å². The van der Waals surface area contributed by atoms with E-state index >= 15 is 0 Å². The molecule has 31 heavy (non-hydrogen) atoms. The topological polar surface area (TPSA) is 29.5 Å². The molecule has 0 radical (unpaired) electrons. The van der Waals surface area contributed by atoms with Gasteiger partial charge in [0.25, 0.3) is 8.32 Å². The van der Waals surface area contributed by atoms with Gasteiger partial charge in [-0.15, -0.1) is 0 Å². The summed E-state index contributed by atoms with van der Waals surface area (Å²) < 4.78 is 6.95. The maximum absolute atomic E-state index is 8.80. The number of allylic oxidation sites excluding steroid dienone is 2. The zero-order valence-corrected chi connectivity index (χ0v) is 20.9. The Balaban J connectivity index is 1.92. The zero-order valence-electron chi connectivity index (χ0n) is 19.9. The predicted octanol–water partition coefficient (Wildman–Crippen LogP) is 6.23. The van der Waals surface area contributed by atoms with Crippen LogP contribution in [0.3, 0.4) is 0 Å². The van der Waals surface area contributed by atoms with E-state index < -0.39 is 8.32 Å². The second kappa shape index (κ2) is 13.7. The molecule has 0 spiro atoms. The van der Waals surface area contributed by atoms with Crippen molar-refractivity contribution >= 4 is 18.7 Å². The van der Waals surface area contributed by atoms with Crippen molar-refractivity contribution in [3.8, 4) is 0 Å². The summed E-state index contributed by atoms with van der Waals surface area (Å²) in [5, 5.41) is 11.6. The third kappa shape index (κ3) is 7.75. The SMILES string of the molecule is CC(C)(C)[Si](OCCCCCCC=CCCCCO)(c1ccccc1)c1ccccc1. The number of benzene rings is 2. The molecule has 170 valence electrons. The minimum absolute atomic E-state index is 0.0521. The van der Waals surface area contributed by atoms with Crippen molar-refractivity contribution in [2.75, 3.05) is 13.2 Å². The summed E-state index contributed by atoms with van der Waals surface area (Å²) in [4.78, 5) is 0. The summed E-state index contributed by atoms with van der Waals surface area (Å²) in [5.74, 6) is 0. The van der Waals surface area contributed by atoms with Gasteiger partial charge < -0.3 is 9.53 Å². The van der Waals surface area contributed by atoms with Gasteiger partial charge in [-0.05, 0) is 53.9 Å². The molecular formula is C28H42O2Si. The first kappa shape index (κ1) is 25.6. The molecule has 0 aromatic heterocycles. The van der Waals surface area contributed by atoms with Crippen molar-refractivity contribution in [1.29, 1.82) is 0 Å². The molecule has 2 aromatic rings. The van der Waals surface area contributed by atoms with E-state index in [-0.39, 0.29) is 5.04 Å². The zero-order chi connectivity index (χ0) is 22.4. The molecule has 2 nitrogen and oxygen atoms in total. The van der Waals surface area contributed by atoms with Crippen LogP contribution in [0.1, 0.15) is 72.1 Å². The first-order valence-electron chi connectivity index (χ1n) is 12.0. The van der Waals surface area contributed by atoms with Crippen LogP contribution in [0, 0.1) is 0 Å². The minimum Gasteiger partial charge on any atom is -0.407 e. The number of aliphatic hydroxyl groups excluding tert-OH is 1. The lowest BCUT2D eigenvalue weighted by Crippen LogP contribution is -2.66. The maximum atomic E-state index is 8.80. The van der Waals surface area contributed by atoms with Gasteiger partial charge in [0.15, 0.2) is 0 Å². The maximum Gasteiger partial charge on any atom is 0.261 e. The normalized spacial score (nSPS) is 12.5. The Hall–Kier alpha value is -1.68. The fraction of sp³-hybridized carbons (Fsp3) is 0.500. The molecule has 0 heterocycles. The molecule has 0 bridgehead atoms. The van der Waals surface area contributed by atoms with E-state index in [9.17, 15) is 0 Å². The molecule has 0 amide bonds. The van der Waals surface area contributed by atoms with Gasteiger partial charge >= 0.3 is 0 Å². The van der Waals surface area contributed by atoms with E-state index in [0.29, 0.717) is 6.61 Å². The Morgan fingerprint density at radius 3 is 1.68 bits per heavy atom. The summed E-state index contributed by atoms with van der Waals surface area (Å²) in [6.07, 6.45) is 13.7. The highest BCUT2D eigenvalue weighted by molar-refractivity contribution is 6.99. The highest BCUT2D eigenvalue weighted by atomic mass is 28.4. The summed E-state index contributed by atoms with van der Waals surface area (Å²) >= 11 is 0. The van der Waals surface area contributed by atoms with E-state index in [0.717, 1.165) is 38.7 Å². The molecule has 0 aliphatic rings. The van der Waals surface area contributed by atoms with E-state index in [1.165, 1.54) is 29.6 Å². The number of unbranched alkanes of at least 4 members (excludes halogenated alkanes) is 6. The first-order valence-corrected chi connectivity index (χ1v) is 13.9. The Labute approximate surface area is 191 Å². The molecule has 2 rings (SSSR count). The van der Waals surface area contributed by atoms with Gasteiger partial charge in [0.05, 0.1) is 0 Å². The highest BCUT2D eigenvalue weighted by Gasteiger charge is 2.49. The molecule has 0 unspecified atom stereocenters. The number of aliphatic hydroxyl groups is 1. The number of rotatable bonds is 14. The number of hydrogen-bond donors (Lipinski definition) is 1. The molecule has 2 aromatic carbocycles. The molecule has 1 N–H and O–H groups in total. The van der Waals surface area contributed by atoms with Crippen LogP contribution in [-0.4, -0.2) is 26.6 Å². The van der Waals surface area contributed by atoms with E-state index in [1.54, 1.807) is 0 Å². The smallest absolute Gasteiger partial charge is 0.261 e. The van der Waals surface area contributed by atoms with Gasteiger partial charge in [0, 0.05) is 13.2 Å². The van der Waals surface area contributed by atoms with Crippen LogP contribution in [0.2, 0.25) is 5.04 Å². The van der Waals surface area contributed by atoms with Crippen LogP contribution in [-0.2, 0) is 4.43 Å². The van der Waals surface area contributed by atoms with Gasteiger partial charge in [-0.3, -0.25) is 0 Å². The van der Waals surface area contributed by atoms with Crippen molar-refractivity contribution in [2.45, 2.75) is 77.2 Å². The lowest BCUT2D eigenvalue weighted by atomic mass is 10.1. The molecule has 0 aliphatic carbocycles. The van der Waals surface area contributed by atoms with E-state index in [1.807, 2.05) is 0 Å². The average Bonchev–Trinajstić information content (AvgIpc) is 2.77. The third-order valence-corrected chi connectivity index (χ3v) is 11.0. The lowest BCUT2D eigenvalue weighted by Gasteiger charge is -2.43. The van der Waals surface area contributed by atoms with Gasteiger partial charge in [-0.1, -0.05) is 106 Å². The highest BCUT2D eigenvalue weighted by Crippen LogP contribution is 2.36. The quantitative estimate of drug-likeness (QED) is 0.215. The Morgan fingerprint density at radius 1 is 0.710 bits per heavy atom. The second-order valence-electron chi connectivity index (χ2n) is 9.41. The molecule has 0 fully saturated rings. The van der Waals surface area contributed by atoms with Crippen LogP contribution in [0.5, 0.6) is 0 Å².